The molecule has 0 unspecified atom stereocenters. The van der Waals surface area contributed by atoms with E-state index in [4.69, 9.17) is 38.4 Å². The number of nitrogens with two attached hydrogens (primary N) is 1. The van der Waals surface area contributed by atoms with Gasteiger partial charge in [0, 0.05) is 17.2 Å². The first kappa shape index (κ1) is 12.8. The van der Waals surface area contributed by atoms with E-state index in [1.54, 1.807) is 30.3 Å². The third-order valence-corrected chi connectivity index (χ3v) is 2.71. The summed E-state index contributed by atoms with van der Waals surface area (Å²) in [6.07, 6.45) is 0. The van der Waals surface area contributed by atoms with E-state index >= 15 is 0 Å². The molecule has 1 aromatic heterocycles. The van der Waals surface area contributed by atoms with Gasteiger partial charge in [-0.05, 0) is 18.2 Å². The minimum Gasteiger partial charge on any atom is -0.479 e. The Bertz CT molecular complexity index is 576. The first-order valence-electron chi connectivity index (χ1n) is 5.03. The van der Waals surface area contributed by atoms with Crippen LogP contribution >= 0.6 is 23.2 Å². The van der Waals surface area contributed by atoms with Gasteiger partial charge in [-0.3, -0.25) is 0 Å². The molecule has 6 heteroatoms. The first-order chi connectivity index (χ1) is 8.60. The molecule has 94 valence electrons. The Hall–Kier alpha value is -1.65. The van der Waals surface area contributed by atoms with Crippen molar-refractivity contribution in [3.63, 3.8) is 0 Å². The molecule has 2 N–H and O–H groups in total. The normalized spacial score (nSPS) is 10.2. The summed E-state index contributed by atoms with van der Waals surface area (Å²) in [5.41, 5.74) is 6.09. The number of nitrogen functional groups attached to an aromatic ring is 1. The molecule has 2 aromatic rings. The molecular formula is C12H10Cl2N2O2. The van der Waals surface area contributed by atoms with Crippen LogP contribution in [0.5, 0.6) is 17.5 Å². The molecule has 0 saturated heterocycles. The lowest BCUT2D eigenvalue weighted by Crippen LogP contribution is -1.97. The van der Waals surface area contributed by atoms with Crippen molar-refractivity contribution in [3.8, 4) is 17.5 Å². The molecule has 0 fully saturated rings. The SMILES string of the molecule is COc1nc(Oc2cc(Cl)ccc2Cl)ccc1N. The summed E-state index contributed by atoms with van der Waals surface area (Å²) in [4.78, 5) is 4.09. The molecule has 0 atom stereocenters. The van der Waals surface area contributed by atoms with Gasteiger partial charge in [-0.1, -0.05) is 23.2 Å². The number of hydrogen-bond donors (Lipinski definition) is 1. The maximum Gasteiger partial charge on any atom is 0.240 e. The zero-order valence-electron chi connectivity index (χ0n) is 9.48. The summed E-state index contributed by atoms with van der Waals surface area (Å²) in [6, 6.07) is 8.19. The van der Waals surface area contributed by atoms with Gasteiger partial charge < -0.3 is 15.2 Å². The van der Waals surface area contributed by atoms with E-state index in [0.29, 0.717) is 33.2 Å². The van der Waals surface area contributed by atoms with E-state index in [1.807, 2.05) is 0 Å². The van der Waals surface area contributed by atoms with Crippen molar-refractivity contribution in [1.82, 2.24) is 4.98 Å². The molecule has 0 bridgehead atoms. The van der Waals surface area contributed by atoms with E-state index < -0.39 is 0 Å². The van der Waals surface area contributed by atoms with Gasteiger partial charge in [0.25, 0.3) is 0 Å². The molecule has 1 heterocycles. The van der Waals surface area contributed by atoms with Crippen molar-refractivity contribution in [2.24, 2.45) is 0 Å². The summed E-state index contributed by atoms with van der Waals surface area (Å²) < 4.78 is 10.5. The smallest absolute Gasteiger partial charge is 0.240 e. The van der Waals surface area contributed by atoms with Crippen LogP contribution in [0.3, 0.4) is 0 Å². The topological polar surface area (TPSA) is 57.4 Å². The van der Waals surface area contributed by atoms with Crippen LogP contribution in [0.2, 0.25) is 10.0 Å². The quantitative estimate of drug-likeness (QED) is 0.932. The van der Waals surface area contributed by atoms with Crippen molar-refractivity contribution in [2.45, 2.75) is 0 Å². The average Bonchev–Trinajstić information content (AvgIpc) is 2.36. The Morgan fingerprint density at radius 3 is 2.67 bits per heavy atom. The molecule has 0 spiro atoms. The maximum absolute atomic E-state index is 5.98. The fraction of sp³-hybridized carbons (Fsp3) is 0.0833. The van der Waals surface area contributed by atoms with Crippen LogP contribution in [0.15, 0.2) is 30.3 Å². The van der Waals surface area contributed by atoms with E-state index in [2.05, 4.69) is 4.98 Å². The number of nitrogens with zero attached hydrogens (tertiary/aromatic N) is 1. The maximum atomic E-state index is 5.98. The summed E-state index contributed by atoms with van der Waals surface area (Å²) in [5, 5.41) is 0.966. The molecule has 0 radical (unpaired) electrons. The number of rotatable bonds is 3. The van der Waals surface area contributed by atoms with E-state index in [1.165, 1.54) is 7.11 Å². The summed E-state index contributed by atoms with van der Waals surface area (Å²) in [5.74, 6) is 1.04. The Morgan fingerprint density at radius 2 is 1.94 bits per heavy atom. The molecule has 0 aliphatic rings. The van der Waals surface area contributed by atoms with Crippen LogP contribution in [0.4, 0.5) is 5.69 Å². The Morgan fingerprint density at radius 1 is 1.17 bits per heavy atom. The Labute approximate surface area is 114 Å². The zero-order chi connectivity index (χ0) is 13.1. The van der Waals surface area contributed by atoms with Crippen LogP contribution in [0.1, 0.15) is 0 Å². The van der Waals surface area contributed by atoms with Gasteiger partial charge in [-0.2, -0.15) is 4.98 Å². The number of benzene rings is 1. The summed E-state index contributed by atoms with van der Waals surface area (Å²) >= 11 is 11.8. The number of pyridine rings is 1. The number of aromatic nitrogens is 1. The van der Waals surface area contributed by atoms with Gasteiger partial charge in [0.05, 0.1) is 17.8 Å². The molecule has 18 heavy (non-hydrogen) atoms. The van der Waals surface area contributed by atoms with Crippen molar-refractivity contribution in [1.29, 1.82) is 0 Å². The number of anilines is 1. The molecule has 2 rings (SSSR count). The van der Waals surface area contributed by atoms with Gasteiger partial charge in [0.15, 0.2) is 0 Å². The second kappa shape index (κ2) is 5.33. The first-order valence-corrected chi connectivity index (χ1v) is 5.79. The molecule has 0 aliphatic carbocycles. The second-order valence-corrected chi connectivity index (χ2v) is 4.27. The lowest BCUT2D eigenvalue weighted by atomic mass is 10.3. The van der Waals surface area contributed by atoms with Crippen molar-refractivity contribution in [3.05, 3.63) is 40.4 Å². The van der Waals surface area contributed by atoms with E-state index in [0.717, 1.165) is 0 Å². The second-order valence-electron chi connectivity index (χ2n) is 3.42. The van der Waals surface area contributed by atoms with E-state index in [-0.39, 0.29) is 0 Å². The van der Waals surface area contributed by atoms with Crippen LogP contribution < -0.4 is 15.2 Å². The van der Waals surface area contributed by atoms with Crippen LogP contribution in [-0.2, 0) is 0 Å². The fourth-order valence-electron chi connectivity index (χ4n) is 1.32. The van der Waals surface area contributed by atoms with Crippen LogP contribution in [0.25, 0.3) is 0 Å². The summed E-state index contributed by atoms with van der Waals surface area (Å²) in [6.45, 7) is 0. The molecule has 1 aromatic carbocycles. The van der Waals surface area contributed by atoms with Crippen molar-refractivity contribution >= 4 is 28.9 Å². The zero-order valence-corrected chi connectivity index (χ0v) is 11.0. The van der Waals surface area contributed by atoms with Crippen molar-refractivity contribution < 1.29 is 9.47 Å². The standard InChI is InChI=1S/C12H10Cl2N2O2/c1-17-12-9(15)4-5-11(16-12)18-10-6-7(13)2-3-8(10)14/h2-6H,15H2,1H3. The van der Waals surface area contributed by atoms with Crippen LogP contribution in [-0.4, -0.2) is 12.1 Å². The van der Waals surface area contributed by atoms with Crippen molar-refractivity contribution in [2.75, 3.05) is 12.8 Å². The minimum absolute atomic E-state index is 0.297. The molecule has 4 nitrogen and oxygen atoms in total. The summed E-state index contributed by atoms with van der Waals surface area (Å²) in [7, 11) is 1.48. The Balaban J connectivity index is 2.31. The highest BCUT2D eigenvalue weighted by Gasteiger charge is 2.08. The highest BCUT2D eigenvalue weighted by molar-refractivity contribution is 6.34. The Kier molecular flexibility index (Phi) is 3.79. The van der Waals surface area contributed by atoms with Gasteiger partial charge >= 0.3 is 0 Å². The third-order valence-electron chi connectivity index (χ3n) is 2.17. The molecular weight excluding hydrogens is 275 g/mol. The predicted molar refractivity (Wildman–Crippen MR) is 71.7 cm³/mol. The van der Waals surface area contributed by atoms with Gasteiger partial charge in [-0.15, -0.1) is 0 Å². The lowest BCUT2D eigenvalue weighted by molar-refractivity contribution is 0.385. The van der Waals surface area contributed by atoms with Gasteiger partial charge in [-0.25, -0.2) is 0 Å². The number of hydrogen-bond acceptors (Lipinski definition) is 4. The van der Waals surface area contributed by atoms with Gasteiger partial charge in [0.1, 0.15) is 5.75 Å². The third kappa shape index (κ3) is 2.78. The van der Waals surface area contributed by atoms with Crippen LogP contribution in [0, 0.1) is 0 Å². The number of halogens is 2. The fourth-order valence-corrected chi connectivity index (χ4v) is 1.64. The minimum atomic E-state index is 0.297. The largest absolute Gasteiger partial charge is 0.479 e. The lowest BCUT2D eigenvalue weighted by Gasteiger charge is -2.09. The predicted octanol–water partition coefficient (Wildman–Crippen LogP) is 3.77. The molecule has 0 aliphatic heterocycles. The van der Waals surface area contributed by atoms with Gasteiger partial charge in [0.2, 0.25) is 11.8 Å². The highest BCUT2D eigenvalue weighted by Crippen LogP contribution is 2.32. The van der Waals surface area contributed by atoms with E-state index in [9.17, 15) is 0 Å². The molecule has 0 saturated carbocycles. The monoisotopic (exact) mass is 284 g/mol. The average molecular weight is 285 g/mol. The highest BCUT2D eigenvalue weighted by atomic mass is 35.5. The molecule has 0 amide bonds. The number of ether oxygens (including phenoxy) is 2. The number of methoxy groups -OCH3 is 1.